The summed E-state index contributed by atoms with van der Waals surface area (Å²) in [6.07, 6.45) is 2.70. The number of carbonyl (C=O) groups is 2. The highest BCUT2D eigenvalue weighted by Gasteiger charge is 2.30. The Hall–Kier alpha value is -6.81. The van der Waals surface area contributed by atoms with Crippen LogP contribution < -0.4 is 15.4 Å². The molecule has 1 saturated heterocycles. The molecule has 0 saturated carbocycles. The molecular formula is C53H70N10O9S2. The van der Waals surface area contributed by atoms with E-state index in [1.165, 1.54) is 32.6 Å². The summed E-state index contributed by atoms with van der Waals surface area (Å²) < 4.78 is 44.2. The van der Waals surface area contributed by atoms with Crippen molar-refractivity contribution in [1.29, 1.82) is 0 Å². The molecule has 0 aliphatic carbocycles. The molecule has 4 aromatic carbocycles. The molecule has 19 nitrogen and oxygen atoms in total. The lowest BCUT2D eigenvalue weighted by atomic mass is 9.92. The van der Waals surface area contributed by atoms with E-state index in [1.54, 1.807) is 42.9 Å². The summed E-state index contributed by atoms with van der Waals surface area (Å²) >= 11 is 2.83. The van der Waals surface area contributed by atoms with Crippen LogP contribution >= 0.6 is 0 Å². The van der Waals surface area contributed by atoms with Crippen molar-refractivity contribution in [2.45, 2.75) is 111 Å². The molecule has 2 amide bonds. The molecular weight excluding hydrogens is 985 g/mol. The summed E-state index contributed by atoms with van der Waals surface area (Å²) in [5, 5.41) is 54.2. The predicted octanol–water partition coefficient (Wildman–Crippen LogP) is 8.16. The van der Waals surface area contributed by atoms with E-state index in [-0.39, 0.29) is 68.5 Å². The van der Waals surface area contributed by atoms with Crippen LogP contribution in [0.5, 0.6) is 23.0 Å². The van der Waals surface area contributed by atoms with Crippen molar-refractivity contribution in [2.24, 2.45) is 0 Å². The van der Waals surface area contributed by atoms with Crippen molar-refractivity contribution in [3.05, 3.63) is 101 Å². The fourth-order valence-corrected chi connectivity index (χ4v) is 10.6. The van der Waals surface area contributed by atoms with Gasteiger partial charge in [0.2, 0.25) is 21.7 Å². The summed E-state index contributed by atoms with van der Waals surface area (Å²) in [7, 11) is -2.05. The second-order valence-electron chi connectivity index (χ2n) is 18.7. The van der Waals surface area contributed by atoms with Crippen LogP contribution in [0, 0.1) is 0 Å². The Morgan fingerprint density at radius 2 is 1.12 bits per heavy atom. The van der Waals surface area contributed by atoms with Gasteiger partial charge in [-0.25, -0.2) is 8.42 Å². The lowest BCUT2D eigenvalue weighted by molar-refractivity contribution is 0.0935. The number of phenolic OH excluding ortho intramolecular Hbond substituents is 3. The summed E-state index contributed by atoms with van der Waals surface area (Å²) in [6, 6.07) is 20.6. The van der Waals surface area contributed by atoms with Crippen LogP contribution in [0.4, 0.5) is 0 Å². The van der Waals surface area contributed by atoms with E-state index >= 15 is 0 Å². The summed E-state index contributed by atoms with van der Waals surface area (Å²) in [4.78, 5) is 28.3. The number of ether oxygens (including phenoxy) is 1. The number of benzene rings is 4. The molecule has 74 heavy (non-hydrogen) atoms. The zero-order valence-electron chi connectivity index (χ0n) is 44.1. The minimum atomic E-state index is -3.63. The molecule has 3 heterocycles. The van der Waals surface area contributed by atoms with Crippen LogP contribution in [0.15, 0.2) is 77.7 Å². The smallest absolute Gasteiger partial charge is 0.289 e. The number of aromatic nitrogens is 6. The van der Waals surface area contributed by atoms with Gasteiger partial charge >= 0.3 is 0 Å². The molecule has 21 heteroatoms. The molecule has 7 rings (SSSR count). The van der Waals surface area contributed by atoms with Crippen molar-refractivity contribution in [1.82, 2.24) is 49.4 Å². The number of phenols is 3. The van der Waals surface area contributed by atoms with Crippen LogP contribution in [0.2, 0.25) is 0 Å². The molecule has 0 spiro atoms. The van der Waals surface area contributed by atoms with Gasteiger partial charge in [0.25, 0.3) is 11.8 Å². The van der Waals surface area contributed by atoms with Gasteiger partial charge in [-0.3, -0.25) is 23.6 Å². The van der Waals surface area contributed by atoms with E-state index in [0.29, 0.717) is 54.6 Å². The van der Waals surface area contributed by atoms with Gasteiger partial charge in [0.1, 0.15) is 23.0 Å². The summed E-state index contributed by atoms with van der Waals surface area (Å²) in [5.41, 5.74) is 4.49. The Bertz CT molecular complexity index is 2980. The first-order chi connectivity index (χ1) is 35.2. The zero-order chi connectivity index (χ0) is 54.7. The number of amides is 2. The van der Waals surface area contributed by atoms with Crippen LogP contribution in [-0.2, 0) is 28.1 Å². The van der Waals surface area contributed by atoms with Crippen molar-refractivity contribution in [3.63, 3.8) is 0 Å². The molecule has 398 valence electrons. The van der Waals surface area contributed by atoms with Gasteiger partial charge in [-0.15, -0.1) is 20.4 Å². The van der Waals surface area contributed by atoms with Crippen LogP contribution in [0.25, 0.3) is 34.2 Å². The number of sulfonamides is 1. The summed E-state index contributed by atoms with van der Waals surface area (Å²) in [5.74, 6) is 0.353. The number of nitrogens with zero attached hydrogens (tertiary/aromatic N) is 8. The van der Waals surface area contributed by atoms with Crippen LogP contribution in [0.1, 0.15) is 138 Å². The van der Waals surface area contributed by atoms with Crippen LogP contribution in [-0.4, -0.2) is 125 Å². The highest BCUT2D eigenvalue weighted by molar-refractivity contribution is 7.89. The normalized spacial score (nSPS) is 13.0. The quantitative estimate of drug-likeness (QED) is 0.0578. The second-order valence-corrected chi connectivity index (χ2v) is 20.6. The minimum absolute atomic E-state index is 0.00614. The monoisotopic (exact) mass is 1050 g/mol. The minimum Gasteiger partial charge on any atom is -0.508 e. The lowest BCUT2D eigenvalue weighted by Gasteiger charge is -2.37. The molecule has 0 unspecified atom stereocenters. The van der Waals surface area contributed by atoms with Gasteiger partial charge in [-0.2, -0.15) is 8.51 Å². The third kappa shape index (κ3) is 12.4. The number of carbonyl (C=O) groups excluding carboxylic acids is 2. The number of hydrogen-bond acceptors (Lipinski definition) is 15. The topological polar surface area (TPSA) is 247 Å². The standard InChI is InChI=1S/C28H39N5O3.C25H31N5O5S.OS/c1-9-29-27(35)26-31-30-25(22-16-21(18(4)5)24(36-8)17-23(22)34)33(26)20-14-12-19(13-15-20)28(6,7)32(10-2)11-3;1-4-26-25(33)24-28-27-23(20-14-19(16(2)3)21(31)15-22(20)32)30(24)17-8-10-18(11-9-17)36(34,35)29-12-6-5-7-13-29;1-2/h12-18,34H,9-11H2,1-8H3,(H,29,35);8-11,14-16,31-32H,4-7,12-13H2,1-3H3,(H,26,33);. The van der Waals surface area contributed by atoms with E-state index in [4.69, 9.17) is 8.95 Å². The average Bonchev–Trinajstić information content (AvgIpc) is 4.04. The van der Waals surface area contributed by atoms with Crippen molar-refractivity contribution < 1.29 is 42.3 Å². The van der Waals surface area contributed by atoms with Gasteiger partial charge in [-0.1, -0.05) is 60.1 Å². The SMILES string of the molecule is CCNC(=O)c1nnc(-c2cc(C(C)C)c(O)cc2O)n1-c1ccc(S(=O)(=O)N2CCCCC2)cc1.CCNC(=O)c1nnc(-c2cc(C(C)C)c(OC)cc2O)n1-c1ccc(C(C)(C)N(CC)CC)cc1.O=S. The van der Waals surface area contributed by atoms with E-state index < -0.39 is 15.9 Å². The van der Waals surface area contributed by atoms with Crippen molar-refractivity contribution in [2.75, 3.05) is 46.4 Å². The highest BCUT2D eigenvalue weighted by atomic mass is 32.2. The third-order valence-electron chi connectivity index (χ3n) is 13.1. The highest BCUT2D eigenvalue weighted by Crippen LogP contribution is 2.40. The molecule has 1 fully saturated rings. The number of hydrogen-bond donors (Lipinski definition) is 5. The molecule has 2 aromatic heterocycles. The first kappa shape index (κ1) is 58.1. The van der Waals surface area contributed by atoms with Gasteiger partial charge in [0, 0.05) is 55.2 Å². The van der Waals surface area contributed by atoms with E-state index in [1.807, 2.05) is 39.0 Å². The molecule has 0 radical (unpaired) electrons. The Labute approximate surface area is 439 Å². The average molecular weight is 1060 g/mol. The molecule has 5 N–H and O–H groups in total. The fourth-order valence-electron chi connectivity index (χ4n) is 9.04. The van der Waals surface area contributed by atoms with Gasteiger partial charge in [-0.05, 0) is 131 Å². The fraction of sp³-hybridized carbons (Fsp3) is 0.434. The Kier molecular flexibility index (Phi) is 20.0. The van der Waals surface area contributed by atoms with Crippen molar-refractivity contribution >= 4 is 34.4 Å². The molecule has 6 aromatic rings. The molecule has 1 aliphatic rings. The predicted molar refractivity (Wildman–Crippen MR) is 286 cm³/mol. The first-order valence-electron chi connectivity index (χ1n) is 24.8. The zero-order valence-corrected chi connectivity index (χ0v) is 45.8. The maximum Gasteiger partial charge on any atom is 0.289 e. The number of rotatable bonds is 17. The second kappa shape index (κ2) is 25.4. The summed E-state index contributed by atoms with van der Waals surface area (Å²) in [6.45, 7) is 24.0. The first-order valence-corrected chi connectivity index (χ1v) is 26.6. The maximum absolute atomic E-state index is 13.1. The van der Waals surface area contributed by atoms with Crippen LogP contribution in [0.3, 0.4) is 0 Å². The van der Waals surface area contributed by atoms with Gasteiger partial charge < -0.3 is 30.7 Å². The largest absolute Gasteiger partial charge is 0.508 e. The van der Waals surface area contributed by atoms with Gasteiger partial charge in [0.15, 0.2) is 24.2 Å². The van der Waals surface area contributed by atoms with E-state index in [2.05, 4.69) is 102 Å². The van der Waals surface area contributed by atoms with Gasteiger partial charge in [0.05, 0.1) is 23.1 Å². The number of methoxy groups -OCH3 is 1. The number of aromatic hydroxyl groups is 3. The van der Waals surface area contributed by atoms with Crippen molar-refractivity contribution in [3.8, 4) is 57.1 Å². The van der Waals surface area contributed by atoms with E-state index in [0.717, 1.165) is 43.6 Å². The molecule has 0 atom stereocenters. The van der Waals surface area contributed by atoms with E-state index in [9.17, 15) is 33.3 Å². The number of piperidine rings is 1. The Balaban J connectivity index is 0.000000265. The lowest BCUT2D eigenvalue weighted by Crippen LogP contribution is -2.41. The molecule has 1 aliphatic heterocycles. The Morgan fingerprint density at radius 1 is 0.676 bits per heavy atom. The Morgan fingerprint density at radius 3 is 1.55 bits per heavy atom. The molecule has 0 bridgehead atoms. The number of nitrogens with one attached hydrogen (secondary N) is 2. The third-order valence-corrected chi connectivity index (χ3v) is 15.0. The maximum atomic E-state index is 13.1.